The fourth-order valence-corrected chi connectivity index (χ4v) is 0.381. The first kappa shape index (κ1) is 18.1. The highest BCUT2D eigenvalue weighted by Gasteiger charge is 2.17. The summed E-state index contributed by atoms with van der Waals surface area (Å²) in [6, 6.07) is 0. The smallest absolute Gasteiger partial charge is 0.375 e. The van der Waals surface area contributed by atoms with Gasteiger partial charge < -0.3 is 35.7 Å². The number of aliphatic carboxylic acids is 4. The van der Waals surface area contributed by atoms with Crippen LogP contribution < -0.4 is 0 Å². The number of hydrogen-bond donors (Lipinski definition) is 7. The lowest BCUT2D eigenvalue weighted by Gasteiger charge is -1.92. The SMILES string of the molecule is O=C(O)/C(O)=C(/O)C(=O)O.O=C(O)/C=C(/O)C(=O)O. The van der Waals surface area contributed by atoms with E-state index >= 15 is 0 Å². The van der Waals surface area contributed by atoms with Gasteiger partial charge in [0.15, 0.2) is 0 Å². The number of rotatable bonds is 4. The molecule has 0 spiro atoms. The summed E-state index contributed by atoms with van der Waals surface area (Å²) in [6.07, 6.45) is 0.197. The van der Waals surface area contributed by atoms with Crippen molar-refractivity contribution in [3.8, 4) is 0 Å². The predicted octanol–water partition coefficient (Wildman–Crippen LogP) is -0.919. The van der Waals surface area contributed by atoms with Crippen LogP contribution in [0.5, 0.6) is 0 Å². The molecule has 0 rings (SSSR count). The lowest BCUT2D eigenvalue weighted by atomic mass is 10.4. The summed E-state index contributed by atoms with van der Waals surface area (Å²) in [6.45, 7) is 0. The van der Waals surface area contributed by atoms with Crippen LogP contribution in [0.2, 0.25) is 0 Å². The van der Waals surface area contributed by atoms with Gasteiger partial charge in [0, 0.05) is 0 Å². The second-order valence-corrected chi connectivity index (χ2v) is 2.48. The van der Waals surface area contributed by atoms with E-state index in [4.69, 9.17) is 35.7 Å². The Bertz CT molecular complexity index is 433. The van der Waals surface area contributed by atoms with Gasteiger partial charge >= 0.3 is 23.9 Å². The van der Waals surface area contributed by atoms with E-state index in [-0.39, 0.29) is 6.08 Å². The van der Waals surface area contributed by atoms with Crippen LogP contribution in [-0.4, -0.2) is 59.6 Å². The van der Waals surface area contributed by atoms with Crippen LogP contribution in [0, 0.1) is 0 Å². The van der Waals surface area contributed by atoms with Crippen molar-refractivity contribution in [1.29, 1.82) is 0 Å². The average molecular weight is 280 g/mol. The van der Waals surface area contributed by atoms with Crippen molar-refractivity contribution in [2.24, 2.45) is 0 Å². The molecule has 0 fully saturated rings. The van der Waals surface area contributed by atoms with Crippen molar-refractivity contribution in [3.05, 3.63) is 23.4 Å². The first-order chi connectivity index (χ1) is 8.50. The van der Waals surface area contributed by atoms with Gasteiger partial charge in [-0.05, 0) is 0 Å². The maximum Gasteiger partial charge on any atom is 0.375 e. The van der Waals surface area contributed by atoms with Crippen LogP contribution in [0.4, 0.5) is 0 Å². The summed E-state index contributed by atoms with van der Waals surface area (Å²) in [5, 5.41) is 56.0. The maximum absolute atomic E-state index is 9.71. The van der Waals surface area contributed by atoms with Gasteiger partial charge in [0.05, 0.1) is 6.08 Å². The third kappa shape index (κ3) is 8.56. The molecule has 19 heavy (non-hydrogen) atoms. The molecule has 106 valence electrons. The molecule has 0 saturated heterocycles. The molecule has 0 aliphatic carbocycles. The molecule has 0 aromatic carbocycles. The molecular formula is C8H8O11. The van der Waals surface area contributed by atoms with E-state index in [0.717, 1.165) is 0 Å². The topological polar surface area (TPSA) is 210 Å². The summed E-state index contributed by atoms with van der Waals surface area (Å²) < 4.78 is 0. The quantitative estimate of drug-likeness (QED) is 0.247. The highest BCUT2D eigenvalue weighted by molar-refractivity contribution is 5.95. The normalized spacial score (nSPS) is 11.5. The minimum Gasteiger partial charge on any atom is -0.502 e. The van der Waals surface area contributed by atoms with Crippen molar-refractivity contribution < 1.29 is 54.9 Å². The number of hydrogen-bond acceptors (Lipinski definition) is 7. The zero-order valence-electron chi connectivity index (χ0n) is 8.84. The highest BCUT2D eigenvalue weighted by Crippen LogP contribution is 1.96. The molecule has 0 atom stereocenters. The lowest BCUT2D eigenvalue weighted by molar-refractivity contribution is -0.140. The Labute approximate surface area is 103 Å². The van der Waals surface area contributed by atoms with Gasteiger partial charge in [-0.15, -0.1) is 0 Å². The molecule has 0 aromatic heterocycles. The van der Waals surface area contributed by atoms with E-state index in [2.05, 4.69) is 0 Å². The predicted molar refractivity (Wildman–Crippen MR) is 53.5 cm³/mol. The number of carbonyl (C=O) groups is 4. The summed E-state index contributed by atoms with van der Waals surface area (Å²) in [5.41, 5.74) is 0. The number of aliphatic hydroxyl groups excluding tert-OH is 3. The summed E-state index contributed by atoms with van der Waals surface area (Å²) >= 11 is 0. The largest absolute Gasteiger partial charge is 0.502 e. The van der Waals surface area contributed by atoms with E-state index in [1.807, 2.05) is 0 Å². The Kier molecular flexibility index (Phi) is 7.58. The van der Waals surface area contributed by atoms with E-state index < -0.39 is 41.2 Å². The van der Waals surface area contributed by atoms with Crippen molar-refractivity contribution in [3.63, 3.8) is 0 Å². The molecule has 0 aliphatic heterocycles. The molecule has 11 nitrogen and oxygen atoms in total. The lowest BCUT2D eigenvalue weighted by Crippen LogP contribution is -2.10. The van der Waals surface area contributed by atoms with Gasteiger partial charge in [-0.1, -0.05) is 0 Å². The Morgan fingerprint density at radius 2 is 0.895 bits per heavy atom. The Balaban J connectivity index is 0. The molecule has 0 aromatic rings. The molecule has 11 heteroatoms. The van der Waals surface area contributed by atoms with Crippen LogP contribution in [0.1, 0.15) is 0 Å². The van der Waals surface area contributed by atoms with Crippen LogP contribution in [0.25, 0.3) is 0 Å². The minimum absolute atomic E-state index is 0.197. The molecule has 7 N–H and O–H groups in total. The van der Waals surface area contributed by atoms with Crippen molar-refractivity contribution in [2.45, 2.75) is 0 Å². The molecule has 0 amide bonds. The Morgan fingerprint density at radius 3 is 1.00 bits per heavy atom. The van der Waals surface area contributed by atoms with Crippen LogP contribution in [0.3, 0.4) is 0 Å². The monoisotopic (exact) mass is 280 g/mol. The van der Waals surface area contributed by atoms with Crippen LogP contribution >= 0.6 is 0 Å². The van der Waals surface area contributed by atoms with E-state index in [1.54, 1.807) is 0 Å². The molecule has 0 unspecified atom stereocenters. The first-order valence-corrected chi connectivity index (χ1v) is 3.96. The highest BCUT2D eigenvalue weighted by atomic mass is 16.4. The number of carboxylic acid groups (broad SMARTS) is 4. The molecular weight excluding hydrogens is 272 g/mol. The second-order valence-electron chi connectivity index (χ2n) is 2.48. The molecule has 0 bridgehead atoms. The van der Waals surface area contributed by atoms with Crippen LogP contribution in [-0.2, 0) is 19.2 Å². The first-order valence-electron chi connectivity index (χ1n) is 3.96. The van der Waals surface area contributed by atoms with Gasteiger partial charge in [-0.2, -0.15) is 0 Å². The van der Waals surface area contributed by atoms with Gasteiger partial charge in [-0.25, -0.2) is 19.2 Å². The molecule has 0 saturated carbocycles. The number of carboxylic acids is 4. The Hall–Kier alpha value is -3.24. The zero-order valence-corrected chi connectivity index (χ0v) is 8.84. The van der Waals surface area contributed by atoms with Gasteiger partial charge in [0.25, 0.3) is 11.5 Å². The summed E-state index contributed by atoms with van der Waals surface area (Å²) in [4.78, 5) is 38.7. The van der Waals surface area contributed by atoms with Crippen molar-refractivity contribution in [2.75, 3.05) is 0 Å². The summed E-state index contributed by atoms with van der Waals surface area (Å²) in [5.74, 6) is -11.3. The molecule has 0 aliphatic rings. The fourth-order valence-electron chi connectivity index (χ4n) is 0.381. The zero-order chi connectivity index (χ0) is 15.7. The third-order valence-electron chi connectivity index (χ3n) is 1.11. The van der Waals surface area contributed by atoms with Gasteiger partial charge in [0.1, 0.15) is 0 Å². The standard InChI is InChI=1S/C4H4O6.C4H4O5/c5-1(3(7)8)2(6)4(9)10;5-2(4(8)9)1-3(6)7/h5-6H,(H,7,8)(H,9,10);1,5H,(H,6,7)(H,8,9)/b2-1-;2-1+. The number of aliphatic hydroxyl groups is 3. The maximum atomic E-state index is 9.71. The van der Waals surface area contributed by atoms with E-state index in [9.17, 15) is 19.2 Å². The molecule has 0 heterocycles. The second kappa shape index (κ2) is 7.94. The van der Waals surface area contributed by atoms with Gasteiger partial charge in [0.2, 0.25) is 5.76 Å². The van der Waals surface area contributed by atoms with Crippen molar-refractivity contribution >= 4 is 23.9 Å². The summed E-state index contributed by atoms with van der Waals surface area (Å²) in [7, 11) is 0. The van der Waals surface area contributed by atoms with E-state index in [1.165, 1.54) is 0 Å². The Morgan fingerprint density at radius 1 is 0.579 bits per heavy atom. The fraction of sp³-hybridized carbons (Fsp3) is 0. The molecule has 0 radical (unpaired) electrons. The van der Waals surface area contributed by atoms with Crippen LogP contribution in [0.15, 0.2) is 23.4 Å². The minimum atomic E-state index is -1.89. The van der Waals surface area contributed by atoms with E-state index in [0.29, 0.717) is 0 Å². The third-order valence-corrected chi connectivity index (χ3v) is 1.11. The average Bonchev–Trinajstić information content (AvgIpc) is 2.26. The van der Waals surface area contributed by atoms with Gasteiger partial charge in [-0.3, -0.25) is 0 Å². The van der Waals surface area contributed by atoms with Crippen molar-refractivity contribution in [1.82, 2.24) is 0 Å².